The normalized spacial score (nSPS) is 16.9. The van der Waals surface area contributed by atoms with E-state index in [2.05, 4.69) is 5.32 Å². The van der Waals surface area contributed by atoms with Crippen LogP contribution in [0.5, 0.6) is 5.75 Å². The van der Waals surface area contributed by atoms with Gasteiger partial charge in [0, 0.05) is 13.1 Å². The predicted octanol–water partition coefficient (Wildman–Crippen LogP) is 2.21. The predicted molar refractivity (Wildman–Crippen MR) is 68.4 cm³/mol. The van der Waals surface area contributed by atoms with Crippen LogP contribution in [0.1, 0.15) is 18.4 Å². The van der Waals surface area contributed by atoms with Crippen molar-refractivity contribution in [3.05, 3.63) is 28.8 Å². The zero-order chi connectivity index (χ0) is 12.3. The summed E-state index contributed by atoms with van der Waals surface area (Å²) in [6, 6.07) is 5.72. The van der Waals surface area contributed by atoms with Gasteiger partial charge >= 0.3 is 0 Å². The summed E-state index contributed by atoms with van der Waals surface area (Å²) in [6.07, 6.45) is 2.12. The van der Waals surface area contributed by atoms with E-state index in [1.165, 1.54) is 0 Å². The van der Waals surface area contributed by atoms with Crippen LogP contribution < -0.4 is 10.1 Å². The Bertz CT molecular complexity index is 380. The number of methoxy groups -OCH3 is 1. The van der Waals surface area contributed by atoms with Crippen molar-refractivity contribution in [2.24, 2.45) is 5.92 Å². The minimum Gasteiger partial charge on any atom is -0.495 e. The van der Waals surface area contributed by atoms with Gasteiger partial charge in [0.1, 0.15) is 5.75 Å². The zero-order valence-corrected chi connectivity index (χ0v) is 10.7. The molecule has 0 bridgehead atoms. The number of hydrogen-bond acceptors (Lipinski definition) is 3. The molecule has 94 valence electrons. The maximum atomic E-state index is 9.70. The highest BCUT2D eigenvalue weighted by Gasteiger charge is 2.28. The van der Waals surface area contributed by atoms with Gasteiger partial charge in [0.15, 0.2) is 0 Å². The topological polar surface area (TPSA) is 41.5 Å². The molecule has 1 aromatic carbocycles. The average molecular weight is 256 g/mol. The van der Waals surface area contributed by atoms with E-state index in [0.29, 0.717) is 29.8 Å². The van der Waals surface area contributed by atoms with Gasteiger partial charge in [-0.15, -0.1) is 0 Å². The molecule has 0 saturated heterocycles. The van der Waals surface area contributed by atoms with Crippen LogP contribution in [0.4, 0.5) is 0 Å². The fourth-order valence-corrected chi connectivity index (χ4v) is 2.11. The van der Waals surface area contributed by atoms with Crippen LogP contribution in [0.15, 0.2) is 18.2 Å². The Morgan fingerprint density at radius 2 is 2.29 bits per heavy atom. The molecule has 0 radical (unpaired) electrons. The van der Waals surface area contributed by atoms with E-state index in [-0.39, 0.29) is 6.10 Å². The zero-order valence-electron chi connectivity index (χ0n) is 9.95. The van der Waals surface area contributed by atoms with Gasteiger partial charge in [-0.2, -0.15) is 0 Å². The van der Waals surface area contributed by atoms with E-state index >= 15 is 0 Å². The molecular formula is C13H18ClNO2. The van der Waals surface area contributed by atoms with Crippen molar-refractivity contribution in [1.29, 1.82) is 0 Å². The van der Waals surface area contributed by atoms with Crippen molar-refractivity contribution < 1.29 is 9.84 Å². The van der Waals surface area contributed by atoms with E-state index in [4.69, 9.17) is 16.3 Å². The smallest absolute Gasteiger partial charge is 0.137 e. The molecule has 1 saturated carbocycles. The van der Waals surface area contributed by atoms with Crippen molar-refractivity contribution in [1.82, 2.24) is 5.32 Å². The van der Waals surface area contributed by atoms with Crippen LogP contribution in [-0.4, -0.2) is 24.9 Å². The molecule has 1 unspecified atom stereocenters. The third-order valence-corrected chi connectivity index (χ3v) is 3.36. The first-order chi connectivity index (χ1) is 8.20. The Morgan fingerprint density at radius 3 is 2.88 bits per heavy atom. The minimum atomic E-state index is -0.205. The Labute approximate surface area is 107 Å². The molecule has 1 aromatic rings. The van der Waals surface area contributed by atoms with E-state index in [9.17, 15) is 5.11 Å². The summed E-state index contributed by atoms with van der Waals surface area (Å²) in [5.41, 5.74) is 1.10. The molecule has 1 aliphatic rings. The first-order valence-electron chi connectivity index (χ1n) is 5.92. The number of rotatable bonds is 6. The molecular weight excluding hydrogens is 238 g/mol. The third-order valence-electron chi connectivity index (χ3n) is 3.06. The van der Waals surface area contributed by atoms with Gasteiger partial charge in [-0.25, -0.2) is 0 Å². The molecule has 4 heteroatoms. The van der Waals surface area contributed by atoms with Crippen molar-refractivity contribution in [2.45, 2.75) is 25.5 Å². The second-order valence-corrected chi connectivity index (χ2v) is 4.91. The molecule has 0 aliphatic heterocycles. The van der Waals surface area contributed by atoms with Crippen LogP contribution >= 0.6 is 11.6 Å². The lowest BCUT2D eigenvalue weighted by Gasteiger charge is -2.11. The second-order valence-electron chi connectivity index (χ2n) is 4.50. The molecule has 2 rings (SSSR count). The van der Waals surface area contributed by atoms with Gasteiger partial charge < -0.3 is 15.2 Å². The highest BCUT2D eigenvalue weighted by atomic mass is 35.5. The van der Waals surface area contributed by atoms with E-state index < -0.39 is 0 Å². The number of halogens is 1. The number of ether oxygens (including phenoxy) is 1. The van der Waals surface area contributed by atoms with Crippen LogP contribution in [0.2, 0.25) is 5.02 Å². The van der Waals surface area contributed by atoms with Crippen LogP contribution in [-0.2, 0) is 6.54 Å². The molecule has 0 amide bonds. The first kappa shape index (κ1) is 12.7. The molecule has 1 fully saturated rings. The first-order valence-corrected chi connectivity index (χ1v) is 6.29. The molecule has 1 aliphatic carbocycles. The SMILES string of the molecule is COc1ccc(CNCC(O)C2CC2)cc1Cl. The summed E-state index contributed by atoms with van der Waals surface area (Å²) in [7, 11) is 1.60. The Morgan fingerprint density at radius 1 is 1.53 bits per heavy atom. The van der Waals surface area contributed by atoms with E-state index in [1.807, 2.05) is 18.2 Å². The molecule has 0 heterocycles. The van der Waals surface area contributed by atoms with Gasteiger partial charge in [0.2, 0.25) is 0 Å². The summed E-state index contributed by atoms with van der Waals surface area (Å²) < 4.78 is 5.09. The molecule has 2 N–H and O–H groups in total. The number of benzene rings is 1. The Balaban J connectivity index is 1.80. The maximum Gasteiger partial charge on any atom is 0.137 e. The van der Waals surface area contributed by atoms with Gasteiger partial charge in [0.25, 0.3) is 0 Å². The van der Waals surface area contributed by atoms with Gasteiger partial charge in [-0.3, -0.25) is 0 Å². The van der Waals surface area contributed by atoms with E-state index in [1.54, 1.807) is 7.11 Å². The van der Waals surface area contributed by atoms with Crippen molar-refractivity contribution >= 4 is 11.6 Å². The number of aliphatic hydroxyl groups is 1. The lowest BCUT2D eigenvalue weighted by atomic mass is 10.2. The fourth-order valence-electron chi connectivity index (χ4n) is 1.83. The third kappa shape index (κ3) is 3.60. The van der Waals surface area contributed by atoms with Gasteiger partial charge in [-0.05, 0) is 36.5 Å². The average Bonchev–Trinajstić information content (AvgIpc) is 3.13. The van der Waals surface area contributed by atoms with Crippen molar-refractivity contribution in [3.63, 3.8) is 0 Å². The summed E-state index contributed by atoms with van der Waals surface area (Å²) in [5.74, 6) is 1.20. The molecule has 1 atom stereocenters. The highest BCUT2D eigenvalue weighted by Crippen LogP contribution is 2.32. The standard InChI is InChI=1S/C13H18ClNO2/c1-17-13-5-2-9(6-11(13)14)7-15-8-12(16)10-3-4-10/h2,5-6,10,12,15-16H,3-4,7-8H2,1H3. The lowest BCUT2D eigenvalue weighted by Crippen LogP contribution is -2.27. The number of aliphatic hydroxyl groups excluding tert-OH is 1. The van der Waals surface area contributed by atoms with Crippen LogP contribution in [0.25, 0.3) is 0 Å². The fraction of sp³-hybridized carbons (Fsp3) is 0.538. The number of nitrogens with one attached hydrogen (secondary N) is 1. The molecule has 3 nitrogen and oxygen atoms in total. The largest absolute Gasteiger partial charge is 0.495 e. The van der Waals surface area contributed by atoms with Gasteiger partial charge in [0.05, 0.1) is 18.2 Å². The molecule has 17 heavy (non-hydrogen) atoms. The maximum absolute atomic E-state index is 9.70. The Hall–Kier alpha value is -0.770. The second kappa shape index (κ2) is 5.71. The summed E-state index contributed by atoms with van der Waals surface area (Å²) in [5, 5.41) is 13.6. The van der Waals surface area contributed by atoms with E-state index in [0.717, 1.165) is 18.4 Å². The highest BCUT2D eigenvalue weighted by molar-refractivity contribution is 6.32. The van der Waals surface area contributed by atoms with Gasteiger partial charge in [-0.1, -0.05) is 17.7 Å². The summed E-state index contributed by atoms with van der Waals surface area (Å²) in [4.78, 5) is 0. The summed E-state index contributed by atoms with van der Waals surface area (Å²) in [6.45, 7) is 1.36. The monoisotopic (exact) mass is 255 g/mol. The lowest BCUT2D eigenvalue weighted by molar-refractivity contribution is 0.148. The van der Waals surface area contributed by atoms with Crippen molar-refractivity contribution in [2.75, 3.05) is 13.7 Å². The number of hydrogen-bond donors (Lipinski definition) is 2. The van der Waals surface area contributed by atoms with Crippen LogP contribution in [0, 0.1) is 5.92 Å². The quantitative estimate of drug-likeness (QED) is 0.819. The van der Waals surface area contributed by atoms with Crippen molar-refractivity contribution in [3.8, 4) is 5.75 Å². The molecule has 0 spiro atoms. The molecule has 0 aromatic heterocycles. The van der Waals surface area contributed by atoms with Crippen LogP contribution in [0.3, 0.4) is 0 Å². The minimum absolute atomic E-state index is 0.205. The Kier molecular flexibility index (Phi) is 4.26. The summed E-state index contributed by atoms with van der Waals surface area (Å²) >= 11 is 6.03.